The van der Waals surface area contributed by atoms with E-state index in [4.69, 9.17) is 9.47 Å². The predicted octanol–water partition coefficient (Wildman–Crippen LogP) is 4.02. The highest BCUT2D eigenvalue weighted by atomic mass is 16.5. The average molecular weight is 516 g/mol. The number of morpholine rings is 1. The number of nitrogens with zero attached hydrogens (tertiary/aromatic N) is 1. The summed E-state index contributed by atoms with van der Waals surface area (Å²) in [5.41, 5.74) is 0.432. The van der Waals surface area contributed by atoms with Crippen LogP contribution in [0, 0.1) is 50.7 Å². The third-order valence-electron chi connectivity index (χ3n) is 14.4. The summed E-state index contributed by atoms with van der Waals surface area (Å²) in [6.45, 7) is 14.3. The number of hydrogen-bond donors (Lipinski definition) is 2. The lowest BCUT2D eigenvalue weighted by Crippen LogP contribution is -2.59. The lowest BCUT2D eigenvalue weighted by atomic mass is 9.41. The highest BCUT2D eigenvalue weighted by Crippen LogP contribution is 2.89. The van der Waals surface area contributed by atoms with Crippen molar-refractivity contribution < 1.29 is 24.5 Å². The normalized spacial score (nSPS) is 57.9. The molecule has 208 valence electrons. The second-order valence-electron chi connectivity index (χ2n) is 15.5. The molecule has 0 aromatic heterocycles. The molecule has 0 aromatic carbocycles. The molecular formula is C31H49NO5. The summed E-state index contributed by atoms with van der Waals surface area (Å²) in [5.74, 6) is 1.80. The zero-order chi connectivity index (χ0) is 26.2. The number of ether oxygens (including phenoxy) is 2. The van der Waals surface area contributed by atoms with Crippen molar-refractivity contribution in [2.45, 2.75) is 110 Å². The van der Waals surface area contributed by atoms with E-state index in [0.29, 0.717) is 54.9 Å². The molecule has 0 aromatic rings. The molecule has 2 aliphatic heterocycles. The van der Waals surface area contributed by atoms with Gasteiger partial charge in [0.05, 0.1) is 31.5 Å². The van der Waals surface area contributed by atoms with Gasteiger partial charge in [-0.15, -0.1) is 0 Å². The minimum absolute atomic E-state index is 0.0136. The molecule has 37 heavy (non-hydrogen) atoms. The number of hydrogen-bond acceptors (Lipinski definition) is 5. The van der Waals surface area contributed by atoms with E-state index in [1.165, 1.54) is 19.3 Å². The number of fused-ring (bicyclic) bond motifs is 4. The van der Waals surface area contributed by atoms with Gasteiger partial charge >= 0.3 is 0 Å². The van der Waals surface area contributed by atoms with E-state index >= 15 is 0 Å². The fourth-order valence-corrected chi connectivity index (χ4v) is 12.4. The number of rotatable bonds is 1. The van der Waals surface area contributed by atoms with Gasteiger partial charge in [0.15, 0.2) is 0 Å². The lowest BCUT2D eigenvalue weighted by molar-refractivity contribution is -0.183. The van der Waals surface area contributed by atoms with Gasteiger partial charge in [0.25, 0.3) is 5.91 Å². The van der Waals surface area contributed by atoms with Crippen LogP contribution in [0.3, 0.4) is 0 Å². The maximum atomic E-state index is 13.4. The highest BCUT2D eigenvalue weighted by Gasteiger charge is 2.84. The van der Waals surface area contributed by atoms with E-state index in [1.54, 1.807) is 0 Å². The summed E-state index contributed by atoms with van der Waals surface area (Å²) in [4.78, 5) is 15.3. The average Bonchev–Trinajstić information content (AvgIpc) is 3.51. The first-order valence-corrected chi connectivity index (χ1v) is 15.3. The lowest BCUT2D eigenvalue weighted by Gasteiger charge is -2.63. The summed E-state index contributed by atoms with van der Waals surface area (Å²) in [7, 11) is 0. The number of aliphatic hydroxyl groups is 2. The molecule has 0 bridgehead atoms. The molecule has 2 saturated heterocycles. The molecule has 6 heteroatoms. The Labute approximate surface area is 222 Å². The quantitative estimate of drug-likeness (QED) is 0.552. The van der Waals surface area contributed by atoms with Crippen LogP contribution in [0.4, 0.5) is 0 Å². The van der Waals surface area contributed by atoms with Crippen LogP contribution in [0.5, 0.6) is 0 Å². The van der Waals surface area contributed by atoms with Gasteiger partial charge in [-0.25, -0.2) is 0 Å². The standard InChI is InChI=1S/C31H49NO5/c1-18-16-19(26(35)32-12-14-36-15-13-32)37-24-23(18)28(4)10-11-31-17-30(31)9-8-22(33)27(2,3)20(30)6-7-21(31)29(28,5)25(24)34/h18-25,33-34H,6-17H2,1-5H3/t18-,19?,20+,21?,22?,23+,24?,25+,28?,29-,30?,31?/m1/s1. The molecule has 1 amide bonds. The fourth-order valence-electron chi connectivity index (χ4n) is 12.4. The molecule has 7 rings (SSSR count). The Morgan fingerprint density at radius 2 is 1.59 bits per heavy atom. The van der Waals surface area contributed by atoms with Gasteiger partial charge in [0.1, 0.15) is 6.10 Å². The minimum Gasteiger partial charge on any atom is -0.393 e. The summed E-state index contributed by atoms with van der Waals surface area (Å²) in [5, 5.41) is 23.2. The fraction of sp³-hybridized carbons (Fsp3) is 0.968. The van der Waals surface area contributed by atoms with Crippen molar-refractivity contribution in [3.63, 3.8) is 0 Å². The van der Waals surface area contributed by atoms with Crippen molar-refractivity contribution in [2.24, 2.45) is 50.7 Å². The topological polar surface area (TPSA) is 79.2 Å². The maximum Gasteiger partial charge on any atom is 0.251 e. The zero-order valence-corrected chi connectivity index (χ0v) is 23.7. The molecule has 7 unspecified atom stereocenters. The van der Waals surface area contributed by atoms with Crippen LogP contribution in [0.15, 0.2) is 0 Å². The van der Waals surface area contributed by atoms with E-state index in [0.717, 1.165) is 32.1 Å². The van der Waals surface area contributed by atoms with Crippen LogP contribution < -0.4 is 0 Å². The Morgan fingerprint density at radius 3 is 2.32 bits per heavy atom. The van der Waals surface area contributed by atoms with Crippen molar-refractivity contribution in [1.82, 2.24) is 4.90 Å². The minimum atomic E-state index is -0.538. The Morgan fingerprint density at radius 1 is 0.919 bits per heavy atom. The molecular weight excluding hydrogens is 466 g/mol. The van der Waals surface area contributed by atoms with Crippen LogP contribution in [0.25, 0.3) is 0 Å². The molecule has 2 spiro atoms. The van der Waals surface area contributed by atoms with E-state index in [2.05, 4.69) is 34.6 Å². The van der Waals surface area contributed by atoms with Gasteiger partial charge in [-0.2, -0.15) is 0 Å². The van der Waals surface area contributed by atoms with E-state index in [1.807, 2.05) is 4.90 Å². The van der Waals surface area contributed by atoms with Crippen molar-refractivity contribution in [3.05, 3.63) is 0 Å². The Hall–Kier alpha value is -0.690. The van der Waals surface area contributed by atoms with E-state index in [-0.39, 0.29) is 40.3 Å². The number of aliphatic hydroxyl groups excluding tert-OH is 2. The number of carbonyl (C=O) groups excluding carboxylic acids is 1. The Bertz CT molecular complexity index is 979. The van der Waals surface area contributed by atoms with Gasteiger partial charge in [-0.3, -0.25) is 4.79 Å². The van der Waals surface area contributed by atoms with Gasteiger partial charge in [-0.05, 0) is 96.7 Å². The second kappa shape index (κ2) is 7.73. The molecule has 5 saturated carbocycles. The van der Waals surface area contributed by atoms with E-state index < -0.39 is 12.2 Å². The molecule has 2 heterocycles. The molecule has 0 radical (unpaired) electrons. The van der Waals surface area contributed by atoms with Crippen molar-refractivity contribution in [3.8, 4) is 0 Å². The summed E-state index contributed by atoms with van der Waals surface area (Å²) >= 11 is 0. The van der Waals surface area contributed by atoms with Crippen LogP contribution >= 0.6 is 0 Å². The van der Waals surface area contributed by atoms with Gasteiger partial charge < -0.3 is 24.6 Å². The summed E-state index contributed by atoms with van der Waals surface area (Å²) in [6, 6.07) is 0. The number of amides is 1. The zero-order valence-electron chi connectivity index (χ0n) is 23.7. The van der Waals surface area contributed by atoms with E-state index in [9.17, 15) is 15.0 Å². The highest BCUT2D eigenvalue weighted by molar-refractivity contribution is 5.81. The van der Waals surface area contributed by atoms with Crippen molar-refractivity contribution >= 4 is 5.91 Å². The summed E-state index contributed by atoms with van der Waals surface area (Å²) in [6.07, 6.45) is 7.38. The first-order chi connectivity index (χ1) is 17.4. The smallest absolute Gasteiger partial charge is 0.251 e. The van der Waals surface area contributed by atoms with Gasteiger partial charge in [0.2, 0.25) is 0 Å². The van der Waals surface area contributed by atoms with Crippen LogP contribution in [0.1, 0.15) is 86.0 Å². The summed E-state index contributed by atoms with van der Waals surface area (Å²) < 4.78 is 12.2. The Balaban J connectivity index is 1.21. The number of carbonyl (C=O) groups is 1. The SMILES string of the molecule is C[C@@H]1CC(C(=O)N2CCOCC2)OC2[C@H]1C1(C)CCC34CC35CCC(O)C(C)(C)[C@@H]5CCC4[C@]1(C)[C@H]2O. The molecule has 5 aliphatic carbocycles. The van der Waals surface area contributed by atoms with Crippen molar-refractivity contribution in [2.75, 3.05) is 26.3 Å². The Kier molecular flexibility index (Phi) is 5.29. The van der Waals surface area contributed by atoms with Crippen LogP contribution in [-0.4, -0.2) is 71.7 Å². The first-order valence-electron chi connectivity index (χ1n) is 15.3. The monoisotopic (exact) mass is 515 g/mol. The molecule has 12 atom stereocenters. The molecule has 7 fully saturated rings. The van der Waals surface area contributed by atoms with Crippen LogP contribution in [-0.2, 0) is 14.3 Å². The van der Waals surface area contributed by atoms with Crippen LogP contribution in [0.2, 0.25) is 0 Å². The molecule has 6 nitrogen and oxygen atoms in total. The largest absolute Gasteiger partial charge is 0.393 e. The maximum absolute atomic E-state index is 13.4. The first kappa shape index (κ1) is 25.3. The van der Waals surface area contributed by atoms with Crippen molar-refractivity contribution in [1.29, 1.82) is 0 Å². The molecule has 7 aliphatic rings. The molecule has 2 N–H and O–H groups in total. The van der Waals surface area contributed by atoms with Gasteiger partial charge in [-0.1, -0.05) is 34.6 Å². The second-order valence-corrected chi connectivity index (χ2v) is 15.5. The third kappa shape index (κ3) is 2.85. The predicted molar refractivity (Wildman–Crippen MR) is 140 cm³/mol. The third-order valence-corrected chi connectivity index (χ3v) is 14.4. The van der Waals surface area contributed by atoms with Gasteiger partial charge in [0, 0.05) is 18.5 Å².